The molecule has 25 heavy (non-hydrogen) atoms. The van der Waals surface area contributed by atoms with Crippen LogP contribution in [0.2, 0.25) is 5.02 Å². The van der Waals surface area contributed by atoms with Crippen molar-refractivity contribution in [3.05, 3.63) is 63.6 Å². The van der Waals surface area contributed by atoms with Crippen LogP contribution >= 0.6 is 27.5 Å². The summed E-state index contributed by atoms with van der Waals surface area (Å²) in [6, 6.07) is 14.4. The zero-order valence-electron chi connectivity index (χ0n) is 13.3. The largest absolute Gasteiger partial charge is 0.326 e. The average Bonchev–Trinajstić information content (AvgIpc) is 2.56. The molecule has 0 heterocycles. The Kier molecular flexibility index (Phi) is 7.63. The lowest BCUT2D eigenvalue weighted by Crippen LogP contribution is -2.18. The maximum atomic E-state index is 11.8. The van der Waals surface area contributed by atoms with Gasteiger partial charge in [0, 0.05) is 28.0 Å². The van der Waals surface area contributed by atoms with Gasteiger partial charge in [0.05, 0.1) is 6.21 Å². The van der Waals surface area contributed by atoms with E-state index in [0.717, 1.165) is 15.7 Å². The van der Waals surface area contributed by atoms with Gasteiger partial charge in [-0.2, -0.15) is 5.10 Å². The van der Waals surface area contributed by atoms with Crippen molar-refractivity contribution in [2.24, 2.45) is 5.10 Å². The summed E-state index contributed by atoms with van der Waals surface area (Å²) in [6.07, 6.45) is 2.47. The van der Waals surface area contributed by atoms with Gasteiger partial charge >= 0.3 is 0 Å². The van der Waals surface area contributed by atoms with Crippen LogP contribution in [-0.4, -0.2) is 18.0 Å². The van der Waals surface area contributed by atoms with Gasteiger partial charge in [-0.05, 0) is 42.3 Å². The van der Waals surface area contributed by atoms with Gasteiger partial charge in [0.15, 0.2) is 0 Å². The normalized spacial score (nSPS) is 10.6. The molecule has 130 valence electrons. The maximum absolute atomic E-state index is 11.8. The van der Waals surface area contributed by atoms with Crippen LogP contribution in [0.5, 0.6) is 0 Å². The van der Waals surface area contributed by atoms with Crippen LogP contribution in [0.3, 0.4) is 0 Å². The zero-order valence-corrected chi connectivity index (χ0v) is 15.7. The summed E-state index contributed by atoms with van der Waals surface area (Å²) in [5, 5.41) is 7.30. The van der Waals surface area contributed by atoms with Crippen LogP contribution in [0.4, 0.5) is 5.69 Å². The van der Waals surface area contributed by atoms with E-state index in [1.807, 2.05) is 18.2 Å². The molecule has 2 aromatic rings. The van der Waals surface area contributed by atoms with Gasteiger partial charge in [0.1, 0.15) is 0 Å². The lowest BCUT2D eigenvalue weighted by molar-refractivity contribution is -0.121. The van der Waals surface area contributed by atoms with Crippen molar-refractivity contribution in [3.8, 4) is 0 Å². The first-order valence-electron chi connectivity index (χ1n) is 7.66. The van der Waals surface area contributed by atoms with Gasteiger partial charge in [0.25, 0.3) is 0 Å². The van der Waals surface area contributed by atoms with Crippen molar-refractivity contribution in [2.75, 3.05) is 5.32 Å². The number of carbonyl (C=O) groups is 2. The molecule has 2 aromatic carbocycles. The van der Waals surface area contributed by atoms with Crippen molar-refractivity contribution >= 4 is 51.2 Å². The fourth-order valence-electron chi connectivity index (χ4n) is 1.98. The molecule has 7 heteroatoms. The number of carbonyl (C=O) groups excluding carboxylic acids is 2. The minimum atomic E-state index is -0.236. The van der Waals surface area contributed by atoms with E-state index in [0.29, 0.717) is 11.4 Å². The molecule has 0 unspecified atom stereocenters. The molecule has 2 amide bonds. The Balaban J connectivity index is 1.66. The van der Waals surface area contributed by atoms with Crippen molar-refractivity contribution in [1.82, 2.24) is 5.43 Å². The predicted octanol–water partition coefficient (Wildman–Crippen LogP) is 4.36. The highest BCUT2D eigenvalue weighted by Gasteiger charge is 2.05. The quantitative estimate of drug-likeness (QED) is 0.514. The Bertz CT molecular complexity index is 763. The summed E-state index contributed by atoms with van der Waals surface area (Å²) in [5.74, 6) is -0.365. The first-order chi connectivity index (χ1) is 12.0. The van der Waals surface area contributed by atoms with Crippen molar-refractivity contribution in [2.45, 2.75) is 19.3 Å². The lowest BCUT2D eigenvalue weighted by atomic mass is 10.2. The summed E-state index contributed by atoms with van der Waals surface area (Å²) in [6.45, 7) is 0. The maximum Gasteiger partial charge on any atom is 0.240 e. The van der Waals surface area contributed by atoms with Crippen LogP contribution < -0.4 is 10.7 Å². The van der Waals surface area contributed by atoms with Gasteiger partial charge in [-0.15, -0.1) is 0 Å². The molecular formula is C18H17BrClN3O2. The number of halogens is 2. The number of rotatable bonds is 7. The number of benzene rings is 2. The van der Waals surface area contributed by atoms with Gasteiger partial charge < -0.3 is 5.32 Å². The molecule has 0 atom stereocenters. The van der Waals surface area contributed by atoms with Gasteiger partial charge in [0.2, 0.25) is 11.8 Å². The third-order valence-corrected chi connectivity index (χ3v) is 3.93. The fourth-order valence-corrected chi connectivity index (χ4v) is 2.51. The number of amides is 2. The van der Waals surface area contributed by atoms with Crippen molar-refractivity contribution in [3.63, 3.8) is 0 Å². The summed E-state index contributed by atoms with van der Waals surface area (Å²) >= 11 is 9.13. The first kappa shape index (κ1) is 19.1. The van der Waals surface area contributed by atoms with E-state index < -0.39 is 0 Å². The molecule has 0 saturated carbocycles. The van der Waals surface area contributed by atoms with E-state index in [2.05, 4.69) is 31.8 Å². The van der Waals surface area contributed by atoms with Crippen LogP contribution in [0, 0.1) is 0 Å². The predicted molar refractivity (Wildman–Crippen MR) is 104 cm³/mol. The first-order valence-corrected chi connectivity index (χ1v) is 8.83. The number of hydrogen-bond acceptors (Lipinski definition) is 3. The molecule has 0 aliphatic rings. The molecule has 0 spiro atoms. The molecule has 0 aliphatic heterocycles. The minimum Gasteiger partial charge on any atom is -0.326 e. The van der Waals surface area contributed by atoms with Gasteiger partial charge in [-0.25, -0.2) is 5.43 Å². The lowest BCUT2D eigenvalue weighted by Gasteiger charge is -2.05. The molecule has 0 fully saturated rings. The highest BCUT2D eigenvalue weighted by Crippen LogP contribution is 2.16. The number of nitrogens with one attached hydrogen (secondary N) is 2. The monoisotopic (exact) mass is 421 g/mol. The van der Waals surface area contributed by atoms with Crippen molar-refractivity contribution in [1.29, 1.82) is 0 Å². The number of hydrazone groups is 1. The van der Waals surface area contributed by atoms with E-state index in [-0.39, 0.29) is 24.7 Å². The fraction of sp³-hybridized carbons (Fsp3) is 0.167. The van der Waals surface area contributed by atoms with E-state index in [4.69, 9.17) is 11.6 Å². The Labute approximate surface area is 159 Å². The van der Waals surface area contributed by atoms with Crippen LogP contribution in [0.15, 0.2) is 58.1 Å². The molecule has 0 saturated heterocycles. The van der Waals surface area contributed by atoms with Gasteiger partial charge in [-0.3, -0.25) is 9.59 Å². The minimum absolute atomic E-state index is 0.129. The molecule has 0 aromatic heterocycles. The van der Waals surface area contributed by atoms with Crippen molar-refractivity contribution < 1.29 is 9.59 Å². The summed E-state index contributed by atoms with van der Waals surface area (Å²) in [4.78, 5) is 23.5. The molecule has 2 N–H and O–H groups in total. The standard InChI is InChI=1S/C18H17BrClN3O2/c19-14-3-1-4-16(11-14)22-17(24)5-2-6-18(25)23-21-12-13-7-9-15(20)10-8-13/h1,3-4,7-12H,2,5-6H2,(H,22,24)(H,23,25)/b21-12+. The van der Waals surface area contributed by atoms with E-state index in [1.165, 1.54) is 6.21 Å². The topological polar surface area (TPSA) is 70.6 Å². The molecule has 2 rings (SSSR count). The SMILES string of the molecule is O=C(CCCC(=O)Nc1cccc(Br)c1)N/N=C/c1ccc(Cl)cc1. The number of nitrogens with zero attached hydrogens (tertiary/aromatic N) is 1. The van der Waals surface area contributed by atoms with Crippen LogP contribution in [-0.2, 0) is 9.59 Å². The highest BCUT2D eigenvalue weighted by molar-refractivity contribution is 9.10. The Hall–Kier alpha value is -2.18. The smallest absolute Gasteiger partial charge is 0.240 e. The second-order valence-corrected chi connectivity index (χ2v) is 6.61. The average molecular weight is 423 g/mol. The highest BCUT2D eigenvalue weighted by atomic mass is 79.9. The Morgan fingerprint density at radius 3 is 2.52 bits per heavy atom. The Morgan fingerprint density at radius 2 is 1.80 bits per heavy atom. The number of anilines is 1. The second-order valence-electron chi connectivity index (χ2n) is 5.26. The van der Waals surface area contributed by atoms with Crippen LogP contribution in [0.1, 0.15) is 24.8 Å². The number of hydrogen-bond donors (Lipinski definition) is 2. The Morgan fingerprint density at radius 1 is 1.08 bits per heavy atom. The van der Waals surface area contributed by atoms with E-state index >= 15 is 0 Å². The molecule has 0 aliphatic carbocycles. The summed E-state index contributed by atoms with van der Waals surface area (Å²) in [7, 11) is 0. The van der Waals surface area contributed by atoms with E-state index in [1.54, 1.807) is 30.3 Å². The summed E-state index contributed by atoms with van der Waals surface area (Å²) in [5.41, 5.74) is 3.99. The second kappa shape index (κ2) is 9.96. The molecular weight excluding hydrogens is 406 g/mol. The molecule has 0 radical (unpaired) electrons. The molecule has 5 nitrogen and oxygen atoms in total. The van der Waals surface area contributed by atoms with Crippen LogP contribution in [0.25, 0.3) is 0 Å². The summed E-state index contributed by atoms with van der Waals surface area (Å²) < 4.78 is 0.892. The van der Waals surface area contributed by atoms with Gasteiger partial charge in [-0.1, -0.05) is 45.7 Å². The zero-order chi connectivity index (χ0) is 18.1. The third kappa shape index (κ3) is 7.49. The molecule has 0 bridgehead atoms. The third-order valence-electron chi connectivity index (χ3n) is 3.19. The van der Waals surface area contributed by atoms with E-state index in [9.17, 15) is 9.59 Å².